The standard InChI is InChI=1S/C21H33N5O2/c1-23-21(26-8-2-3-19(16-26)13-20(22)27)24-14-17-4-6-18(7-5-17)15-25-9-11-28-12-10-25/h4-7,19H,2-3,8-16H2,1H3,(H2,22,27)(H,23,24). The molecule has 7 heteroatoms. The summed E-state index contributed by atoms with van der Waals surface area (Å²) in [5, 5.41) is 3.46. The largest absolute Gasteiger partial charge is 0.379 e. The van der Waals surface area contributed by atoms with Crippen molar-refractivity contribution in [3.8, 4) is 0 Å². The van der Waals surface area contributed by atoms with Crippen LogP contribution in [0.25, 0.3) is 0 Å². The first-order chi connectivity index (χ1) is 13.6. The fraction of sp³-hybridized carbons (Fsp3) is 0.619. The lowest BCUT2D eigenvalue weighted by atomic mass is 9.95. The second-order valence-corrected chi connectivity index (χ2v) is 7.73. The molecule has 7 nitrogen and oxygen atoms in total. The summed E-state index contributed by atoms with van der Waals surface area (Å²) in [6, 6.07) is 8.78. The Hall–Kier alpha value is -2.12. The number of aliphatic imine (C=N–C) groups is 1. The fourth-order valence-electron chi connectivity index (χ4n) is 4.00. The quantitative estimate of drug-likeness (QED) is 0.566. The molecule has 0 aliphatic carbocycles. The molecule has 1 aromatic carbocycles. The summed E-state index contributed by atoms with van der Waals surface area (Å²) >= 11 is 0. The number of ether oxygens (including phenoxy) is 1. The van der Waals surface area contributed by atoms with Gasteiger partial charge in [0.15, 0.2) is 5.96 Å². The number of piperidine rings is 1. The van der Waals surface area contributed by atoms with E-state index >= 15 is 0 Å². The first-order valence-corrected chi connectivity index (χ1v) is 10.3. The molecule has 3 N–H and O–H groups in total. The minimum atomic E-state index is -0.216. The normalized spacial score (nSPS) is 21.5. The van der Waals surface area contributed by atoms with E-state index < -0.39 is 0 Å². The van der Waals surface area contributed by atoms with Gasteiger partial charge in [-0.3, -0.25) is 14.7 Å². The predicted octanol–water partition coefficient (Wildman–Crippen LogP) is 1.18. The number of nitrogens with zero attached hydrogens (tertiary/aromatic N) is 3. The summed E-state index contributed by atoms with van der Waals surface area (Å²) < 4.78 is 5.41. The molecule has 28 heavy (non-hydrogen) atoms. The van der Waals surface area contributed by atoms with Gasteiger partial charge < -0.3 is 20.7 Å². The number of likely N-dealkylation sites (tertiary alicyclic amines) is 1. The van der Waals surface area contributed by atoms with Gasteiger partial charge in [0.25, 0.3) is 0 Å². The van der Waals surface area contributed by atoms with Gasteiger partial charge in [0.1, 0.15) is 0 Å². The average molecular weight is 388 g/mol. The van der Waals surface area contributed by atoms with E-state index in [0.717, 1.165) is 71.3 Å². The van der Waals surface area contributed by atoms with E-state index in [4.69, 9.17) is 10.5 Å². The highest BCUT2D eigenvalue weighted by molar-refractivity contribution is 5.80. The Morgan fingerprint density at radius 3 is 2.61 bits per heavy atom. The molecule has 1 atom stereocenters. The van der Waals surface area contributed by atoms with Crippen LogP contribution in [0, 0.1) is 5.92 Å². The highest BCUT2D eigenvalue weighted by atomic mass is 16.5. The maximum atomic E-state index is 11.2. The Morgan fingerprint density at radius 2 is 1.93 bits per heavy atom. The molecule has 2 heterocycles. The monoisotopic (exact) mass is 387 g/mol. The molecule has 0 aromatic heterocycles. The van der Waals surface area contributed by atoms with Gasteiger partial charge in [0.05, 0.1) is 13.2 Å². The highest BCUT2D eigenvalue weighted by Gasteiger charge is 2.23. The van der Waals surface area contributed by atoms with Crippen LogP contribution in [-0.2, 0) is 22.6 Å². The minimum absolute atomic E-state index is 0.216. The number of hydrogen-bond acceptors (Lipinski definition) is 4. The first-order valence-electron chi connectivity index (χ1n) is 10.3. The molecule has 0 saturated carbocycles. The third-order valence-corrected chi connectivity index (χ3v) is 5.50. The third kappa shape index (κ3) is 6.21. The van der Waals surface area contributed by atoms with Crippen molar-refractivity contribution in [2.75, 3.05) is 46.4 Å². The summed E-state index contributed by atoms with van der Waals surface area (Å²) in [5.74, 6) is 1.00. The van der Waals surface area contributed by atoms with Crippen LogP contribution in [0.5, 0.6) is 0 Å². The van der Waals surface area contributed by atoms with Gasteiger partial charge in [0, 0.05) is 52.7 Å². The van der Waals surface area contributed by atoms with Crippen molar-refractivity contribution in [1.82, 2.24) is 15.1 Å². The molecule has 2 aliphatic rings. The van der Waals surface area contributed by atoms with E-state index in [1.807, 2.05) is 7.05 Å². The molecule has 154 valence electrons. The zero-order valence-corrected chi connectivity index (χ0v) is 16.9. The molecule has 1 aromatic rings. The summed E-state index contributed by atoms with van der Waals surface area (Å²) in [6.45, 7) is 7.19. The molecule has 2 fully saturated rings. The minimum Gasteiger partial charge on any atom is -0.379 e. The van der Waals surface area contributed by atoms with E-state index in [9.17, 15) is 4.79 Å². The van der Waals surface area contributed by atoms with Crippen molar-refractivity contribution >= 4 is 11.9 Å². The molecule has 0 spiro atoms. The Bertz CT molecular complexity index is 655. The number of nitrogens with one attached hydrogen (secondary N) is 1. The molecular formula is C21H33N5O2. The molecule has 0 bridgehead atoms. The van der Waals surface area contributed by atoms with Gasteiger partial charge >= 0.3 is 0 Å². The highest BCUT2D eigenvalue weighted by Crippen LogP contribution is 2.19. The molecule has 2 saturated heterocycles. The molecule has 2 aliphatic heterocycles. The van der Waals surface area contributed by atoms with Crippen molar-refractivity contribution in [1.29, 1.82) is 0 Å². The van der Waals surface area contributed by atoms with E-state index in [-0.39, 0.29) is 5.91 Å². The van der Waals surface area contributed by atoms with Crippen LogP contribution in [0.3, 0.4) is 0 Å². The third-order valence-electron chi connectivity index (χ3n) is 5.50. The maximum absolute atomic E-state index is 11.2. The molecule has 1 unspecified atom stereocenters. The molecule has 3 rings (SSSR count). The van der Waals surface area contributed by atoms with Gasteiger partial charge in [-0.15, -0.1) is 0 Å². The van der Waals surface area contributed by atoms with E-state index in [1.54, 1.807) is 0 Å². The number of hydrogen-bond donors (Lipinski definition) is 2. The summed E-state index contributed by atoms with van der Waals surface area (Å²) in [5.41, 5.74) is 7.94. The number of guanidine groups is 1. The lowest BCUT2D eigenvalue weighted by molar-refractivity contribution is -0.119. The Morgan fingerprint density at radius 1 is 1.21 bits per heavy atom. The van der Waals surface area contributed by atoms with Crippen molar-refractivity contribution < 1.29 is 9.53 Å². The molecule has 0 radical (unpaired) electrons. The van der Waals surface area contributed by atoms with Gasteiger partial charge in [-0.05, 0) is 29.9 Å². The number of benzene rings is 1. The lowest BCUT2D eigenvalue weighted by Gasteiger charge is -2.34. The van der Waals surface area contributed by atoms with E-state index in [1.165, 1.54) is 11.1 Å². The van der Waals surface area contributed by atoms with E-state index in [2.05, 4.69) is 44.4 Å². The number of carbonyl (C=O) groups is 1. The topological polar surface area (TPSA) is 83.2 Å². The molecular weight excluding hydrogens is 354 g/mol. The summed E-state index contributed by atoms with van der Waals surface area (Å²) in [6.07, 6.45) is 2.58. The maximum Gasteiger partial charge on any atom is 0.217 e. The van der Waals surface area contributed by atoms with Gasteiger partial charge in [-0.1, -0.05) is 24.3 Å². The van der Waals surface area contributed by atoms with Gasteiger partial charge in [0.2, 0.25) is 5.91 Å². The van der Waals surface area contributed by atoms with Crippen LogP contribution >= 0.6 is 0 Å². The Labute approximate surface area is 167 Å². The number of amides is 1. The SMILES string of the molecule is CN=C(NCc1ccc(CN2CCOCC2)cc1)N1CCCC(CC(N)=O)C1. The van der Waals surface area contributed by atoms with Crippen molar-refractivity contribution in [2.45, 2.75) is 32.4 Å². The van der Waals surface area contributed by atoms with Crippen LogP contribution in [0.2, 0.25) is 0 Å². The second-order valence-electron chi connectivity index (χ2n) is 7.73. The predicted molar refractivity (Wildman–Crippen MR) is 111 cm³/mol. The van der Waals surface area contributed by atoms with E-state index in [0.29, 0.717) is 12.3 Å². The van der Waals surface area contributed by atoms with Gasteiger partial charge in [-0.2, -0.15) is 0 Å². The summed E-state index contributed by atoms with van der Waals surface area (Å²) in [4.78, 5) is 20.3. The Kier molecular flexibility index (Phi) is 7.68. The van der Waals surface area contributed by atoms with Crippen molar-refractivity contribution in [3.05, 3.63) is 35.4 Å². The summed E-state index contributed by atoms with van der Waals surface area (Å²) in [7, 11) is 1.81. The first kappa shape index (κ1) is 20.6. The van der Waals surface area contributed by atoms with Crippen molar-refractivity contribution in [3.63, 3.8) is 0 Å². The number of rotatable bonds is 6. The zero-order valence-electron chi connectivity index (χ0n) is 16.9. The van der Waals surface area contributed by atoms with Crippen LogP contribution in [-0.4, -0.2) is 68.1 Å². The number of nitrogens with two attached hydrogens (primary N) is 1. The second kappa shape index (κ2) is 10.4. The smallest absolute Gasteiger partial charge is 0.217 e. The van der Waals surface area contributed by atoms with Crippen LogP contribution < -0.4 is 11.1 Å². The van der Waals surface area contributed by atoms with Gasteiger partial charge in [-0.25, -0.2) is 0 Å². The number of carbonyl (C=O) groups excluding carboxylic acids is 1. The average Bonchev–Trinajstić information content (AvgIpc) is 2.70. The fourth-order valence-corrected chi connectivity index (χ4v) is 4.00. The van der Waals surface area contributed by atoms with Crippen molar-refractivity contribution in [2.24, 2.45) is 16.6 Å². The molecule has 1 amide bonds. The van der Waals surface area contributed by atoms with Crippen LogP contribution in [0.4, 0.5) is 0 Å². The Balaban J connectivity index is 1.48. The zero-order chi connectivity index (χ0) is 19.8. The van der Waals surface area contributed by atoms with Crippen LogP contribution in [0.1, 0.15) is 30.4 Å². The number of morpholine rings is 1. The lowest BCUT2D eigenvalue weighted by Crippen LogP contribution is -2.46. The van der Waals surface area contributed by atoms with Crippen LogP contribution in [0.15, 0.2) is 29.3 Å². The number of primary amides is 1.